The van der Waals surface area contributed by atoms with Gasteiger partial charge >= 0.3 is 0 Å². The topological polar surface area (TPSA) is 27.7 Å². The largest absolute Gasteiger partial charge is 0.374 e. The van der Waals surface area contributed by atoms with Crippen molar-refractivity contribution in [1.82, 2.24) is 15.1 Å². The summed E-state index contributed by atoms with van der Waals surface area (Å²) in [4.78, 5) is 5.14. The molecule has 2 unspecified atom stereocenters. The molecular weight excluding hydrogens is 250 g/mol. The molecule has 4 nitrogen and oxygen atoms in total. The van der Waals surface area contributed by atoms with Crippen molar-refractivity contribution in [2.24, 2.45) is 5.92 Å². The lowest BCUT2D eigenvalue weighted by Crippen LogP contribution is -2.50. The Balaban J connectivity index is 1.81. The van der Waals surface area contributed by atoms with E-state index in [2.05, 4.69) is 35.9 Å². The van der Waals surface area contributed by atoms with Crippen molar-refractivity contribution in [3.05, 3.63) is 0 Å². The summed E-state index contributed by atoms with van der Waals surface area (Å²) in [7, 11) is 0. The Kier molecular flexibility index (Phi) is 6.75. The predicted octanol–water partition coefficient (Wildman–Crippen LogP) is 1.42. The van der Waals surface area contributed by atoms with Gasteiger partial charge in [-0.3, -0.25) is 9.80 Å². The quantitative estimate of drug-likeness (QED) is 0.798. The average Bonchev–Trinajstić information content (AvgIpc) is 2.48. The lowest BCUT2D eigenvalue weighted by Gasteiger charge is -2.38. The molecular formula is C16H33N3O. The van der Waals surface area contributed by atoms with Gasteiger partial charge in [0.1, 0.15) is 0 Å². The number of nitrogens with one attached hydrogen (secondary N) is 1. The molecule has 2 aliphatic rings. The fourth-order valence-corrected chi connectivity index (χ4v) is 3.35. The van der Waals surface area contributed by atoms with Gasteiger partial charge in [-0.15, -0.1) is 0 Å². The molecule has 0 radical (unpaired) electrons. The SMILES string of the molecule is CCN1CCOC(CN(CC2CCCNC2)C(C)C)C1. The predicted molar refractivity (Wildman–Crippen MR) is 84.2 cm³/mol. The van der Waals surface area contributed by atoms with Gasteiger partial charge < -0.3 is 10.1 Å². The molecule has 2 fully saturated rings. The molecule has 2 aliphatic heterocycles. The number of ether oxygens (including phenoxy) is 1. The second-order valence-electron chi connectivity index (χ2n) is 6.65. The molecule has 2 saturated heterocycles. The smallest absolute Gasteiger partial charge is 0.0829 e. The number of piperidine rings is 1. The average molecular weight is 283 g/mol. The van der Waals surface area contributed by atoms with E-state index >= 15 is 0 Å². The minimum Gasteiger partial charge on any atom is -0.374 e. The Bertz CT molecular complexity index is 266. The van der Waals surface area contributed by atoms with Gasteiger partial charge in [0.15, 0.2) is 0 Å². The first kappa shape index (κ1) is 16.2. The maximum absolute atomic E-state index is 5.98. The van der Waals surface area contributed by atoms with Gasteiger partial charge in [0.05, 0.1) is 12.7 Å². The highest BCUT2D eigenvalue weighted by atomic mass is 16.5. The summed E-state index contributed by atoms with van der Waals surface area (Å²) in [6.45, 7) is 15.8. The molecule has 0 aromatic heterocycles. The first-order valence-electron chi connectivity index (χ1n) is 8.47. The molecule has 0 aliphatic carbocycles. The standard InChI is InChI=1S/C16H33N3O/c1-4-18-8-9-20-16(12-18)13-19(14(2)3)11-15-6-5-7-17-10-15/h14-17H,4-13H2,1-3H3. The molecule has 0 spiro atoms. The van der Waals surface area contributed by atoms with Gasteiger partial charge in [-0.05, 0) is 52.2 Å². The van der Waals surface area contributed by atoms with Crippen LogP contribution in [0, 0.1) is 5.92 Å². The van der Waals surface area contributed by atoms with E-state index in [1.54, 1.807) is 0 Å². The van der Waals surface area contributed by atoms with Crippen molar-refractivity contribution in [2.75, 3.05) is 52.4 Å². The van der Waals surface area contributed by atoms with Crippen LogP contribution in [0.1, 0.15) is 33.6 Å². The van der Waals surface area contributed by atoms with Gasteiger partial charge in [0, 0.05) is 32.2 Å². The maximum atomic E-state index is 5.98. The van der Waals surface area contributed by atoms with E-state index in [0.717, 1.165) is 38.7 Å². The molecule has 118 valence electrons. The molecule has 2 heterocycles. The zero-order chi connectivity index (χ0) is 14.4. The van der Waals surface area contributed by atoms with Crippen LogP contribution in [0.4, 0.5) is 0 Å². The van der Waals surface area contributed by atoms with Gasteiger partial charge in [0.25, 0.3) is 0 Å². The van der Waals surface area contributed by atoms with Crippen molar-refractivity contribution in [3.63, 3.8) is 0 Å². The van der Waals surface area contributed by atoms with Gasteiger partial charge in [-0.1, -0.05) is 6.92 Å². The van der Waals surface area contributed by atoms with Crippen molar-refractivity contribution in [3.8, 4) is 0 Å². The van der Waals surface area contributed by atoms with Crippen LogP contribution in [0.3, 0.4) is 0 Å². The Hall–Kier alpha value is -0.160. The number of nitrogens with zero attached hydrogens (tertiary/aromatic N) is 2. The van der Waals surface area contributed by atoms with Crippen LogP contribution in [-0.2, 0) is 4.74 Å². The maximum Gasteiger partial charge on any atom is 0.0829 e. The number of likely N-dealkylation sites (N-methyl/N-ethyl adjacent to an activating group) is 1. The van der Waals surface area contributed by atoms with Crippen LogP contribution in [0.5, 0.6) is 0 Å². The first-order chi connectivity index (χ1) is 9.69. The molecule has 0 aromatic rings. The Morgan fingerprint density at radius 3 is 2.85 bits per heavy atom. The third-order valence-electron chi connectivity index (χ3n) is 4.73. The fraction of sp³-hybridized carbons (Fsp3) is 1.00. The van der Waals surface area contributed by atoms with E-state index in [1.807, 2.05) is 0 Å². The third-order valence-corrected chi connectivity index (χ3v) is 4.73. The summed E-state index contributed by atoms with van der Waals surface area (Å²) in [5.74, 6) is 0.817. The fourth-order valence-electron chi connectivity index (χ4n) is 3.35. The summed E-state index contributed by atoms with van der Waals surface area (Å²) in [5, 5.41) is 3.53. The highest BCUT2D eigenvalue weighted by molar-refractivity contribution is 4.79. The van der Waals surface area contributed by atoms with Crippen molar-refractivity contribution in [1.29, 1.82) is 0 Å². The van der Waals surface area contributed by atoms with Crippen LogP contribution >= 0.6 is 0 Å². The highest BCUT2D eigenvalue weighted by Crippen LogP contribution is 2.15. The molecule has 0 bridgehead atoms. The summed E-state index contributed by atoms with van der Waals surface area (Å²) >= 11 is 0. The van der Waals surface area contributed by atoms with Crippen LogP contribution in [0.25, 0.3) is 0 Å². The molecule has 1 N–H and O–H groups in total. The molecule has 20 heavy (non-hydrogen) atoms. The van der Waals surface area contributed by atoms with Crippen molar-refractivity contribution in [2.45, 2.75) is 45.8 Å². The van der Waals surface area contributed by atoms with Crippen LogP contribution in [0.15, 0.2) is 0 Å². The Morgan fingerprint density at radius 1 is 1.35 bits per heavy atom. The first-order valence-corrected chi connectivity index (χ1v) is 8.47. The molecule has 2 atom stereocenters. The molecule has 0 amide bonds. The number of hydrogen-bond donors (Lipinski definition) is 1. The van der Waals surface area contributed by atoms with E-state index in [9.17, 15) is 0 Å². The van der Waals surface area contributed by atoms with E-state index in [1.165, 1.54) is 32.5 Å². The van der Waals surface area contributed by atoms with E-state index in [0.29, 0.717) is 12.1 Å². The second kappa shape index (κ2) is 8.32. The van der Waals surface area contributed by atoms with Crippen LogP contribution in [0.2, 0.25) is 0 Å². The van der Waals surface area contributed by atoms with Crippen molar-refractivity contribution >= 4 is 0 Å². The van der Waals surface area contributed by atoms with E-state index < -0.39 is 0 Å². The molecule has 0 saturated carbocycles. The Morgan fingerprint density at radius 2 is 2.20 bits per heavy atom. The minimum atomic E-state index is 0.391. The summed E-state index contributed by atoms with van der Waals surface area (Å²) < 4.78 is 5.98. The number of hydrogen-bond acceptors (Lipinski definition) is 4. The van der Waals surface area contributed by atoms with Crippen LogP contribution < -0.4 is 5.32 Å². The summed E-state index contributed by atoms with van der Waals surface area (Å²) in [5.41, 5.74) is 0. The van der Waals surface area contributed by atoms with E-state index in [4.69, 9.17) is 4.74 Å². The second-order valence-corrected chi connectivity index (χ2v) is 6.65. The zero-order valence-electron chi connectivity index (χ0n) is 13.6. The monoisotopic (exact) mass is 283 g/mol. The summed E-state index contributed by atoms with van der Waals surface area (Å²) in [6.07, 6.45) is 3.10. The van der Waals surface area contributed by atoms with Crippen LogP contribution in [-0.4, -0.2) is 74.4 Å². The minimum absolute atomic E-state index is 0.391. The normalized spacial score (nSPS) is 29.2. The highest BCUT2D eigenvalue weighted by Gasteiger charge is 2.25. The van der Waals surface area contributed by atoms with Gasteiger partial charge in [-0.2, -0.15) is 0 Å². The summed E-state index contributed by atoms with van der Waals surface area (Å²) in [6, 6.07) is 0.609. The lowest BCUT2D eigenvalue weighted by molar-refractivity contribution is -0.0477. The lowest BCUT2D eigenvalue weighted by atomic mass is 9.98. The molecule has 2 rings (SSSR count). The third kappa shape index (κ3) is 4.99. The number of rotatable bonds is 6. The van der Waals surface area contributed by atoms with Crippen molar-refractivity contribution < 1.29 is 4.74 Å². The van der Waals surface area contributed by atoms with Gasteiger partial charge in [0.2, 0.25) is 0 Å². The molecule has 0 aromatic carbocycles. The number of morpholine rings is 1. The van der Waals surface area contributed by atoms with E-state index in [-0.39, 0.29) is 0 Å². The Labute approximate surface area is 124 Å². The zero-order valence-corrected chi connectivity index (χ0v) is 13.6. The van der Waals surface area contributed by atoms with Gasteiger partial charge in [-0.25, -0.2) is 0 Å². The molecule has 4 heteroatoms.